The summed E-state index contributed by atoms with van der Waals surface area (Å²) in [7, 11) is 0. The average Bonchev–Trinajstić information content (AvgIpc) is 2.49. The Kier molecular flexibility index (Phi) is 3.88. The second kappa shape index (κ2) is 5.80. The third kappa shape index (κ3) is 2.64. The lowest BCUT2D eigenvalue weighted by molar-refractivity contribution is 0.126. The quantitative estimate of drug-likeness (QED) is 0.897. The maximum Gasteiger partial charge on any atom is 0.232 e. The van der Waals surface area contributed by atoms with E-state index in [9.17, 15) is 5.26 Å². The number of pyridine rings is 1. The van der Waals surface area contributed by atoms with E-state index in [1.54, 1.807) is 0 Å². The third-order valence-corrected chi connectivity index (χ3v) is 4.40. The Morgan fingerprint density at radius 2 is 2.00 bits per heavy atom. The Balaban J connectivity index is 1.86. The number of rotatable bonds is 2. The summed E-state index contributed by atoms with van der Waals surface area (Å²) >= 11 is 0. The monoisotopic (exact) mass is 271 g/mol. The minimum atomic E-state index is 0.00462. The van der Waals surface area contributed by atoms with Crippen LogP contribution in [0.4, 0.5) is 0 Å². The fourth-order valence-electron chi connectivity index (χ4n) is 3.20. The minimum absolute atomic E-state index is 0.00462. The number of aryl methyl sites for hydroxylation is 2. The molecule has 2 aliphatic rings. The van der Waals surface area contributed by atoms with Gasteiger partial charge in [-0.1, -0.05) is 6.42 Å². The number of hydrogen-bond donors (Lipinski definition) is 1. The molecule has 2 aliphatic carbocycles. The van der Waals surface area contributed by atoms with Crippen molar-refractivity contribution < 1.29 is 4.74 Å². The average molecular weight is 271 g/mol. The second-order valence-corrected chi connectivity index (χ2v) is 5.87. The molecular weight excluding hydrogens is 250 g/mol. The summed E-state index contributed by atoms with van der Waals surface area (Å²) in [6.07, 6.45) is 8.66. The van der Waals surface area contributed by atoms with Crippen molar-refractivity contribution in [3.05, 3.63) is 22.9 Å². The first-order valence-electron chi connectivity index (χ1n) is 7.63. The van der Waals surface area contributed by atoms with Crippen LogP contribution in [0.1, 0.15) is 55.3 Å². The molecule has 4 nitrogen and oxygen atoms in total. The maximum absolute atomic E-state index is 9.31. The van der Waals surface area contributed by atoms with E-state index >= 15 is 0 Å². The molecule has 0 radical (unpaired) electrons. The molecule has 2 unspecified atom stereocenters. The van der Waals surface area contributed by atoms with Gasteiger partial charge in [0.25, 0.3) is 0 Å². The van der Waals surface area contributed by atoms with Crippen LogP contribution >= 0.6 is 0 Å². The molecule has 2 atom stereocenters. The minimum Gasteiger partial charge on any atom is -0.472 e. The van der Waals surface area contributed by atoms with Gasteiger partial charge in [-0.2, -0.15) is 5.26 Å². The number of nitrogens with zero attached hydrogens (tertiary/aromatic N) is 2. The molecule has 20 heavy (non-hydrogen) atoms. The molecule has 1 fully saturated rings. The van der Waals surface area contributed by atoms with E-state index in [1.165, 1.54) is 24.8 Å². The summed E-state index contributed by atoms with van der Waals surface area (Å²) in [6.45, 7) is 0. The van der Waals surface area contributed by atoms with Gasteiger partial charge in [-0.3, -0.25) is 0 Å². The van der Waals surface area contributed by atoms with Gasteiger partial charge >= 0.3 is 0 Å². The van der Waals surface area contributed by atoms with Gasteiger partial charge < -0.3 is 10.5 Å². The first-order chi connectivity index (χ1) is 9.78. The lowest BCUT2D eigenvalue weighted by Crippen LogP contribution is -2.41. The van der Waals surface area contributed by atoms with Gasteiger partial charge in [0.05, 0.1) is 0 Å². The Bertz CT molecular complexity index is 535. The smallest absolute Gasteiger partial charge is 0.232 e. The summed E-state index contributed by atoms with van der Waals surface area (Å²) in [6, 6.07) is 4.25. The second-order valence-electron chi connectivity index (χ2n) is 5.87. The molecular formula is C16H21N3O. The van der Waals surface area contributed by atoms with Crippen molar-refractivity contribution in [3.8, 4) is 11.9 Å². The molecule has 0 bridgehead atoms. The highest BCUT2D eigenvalue weighted by Crippen LogP contribution is 2.28. The highest BCUT2D eigenvalue weighted by Gasteiger charge is 2.25. The van der Waals surface area contributed by atoms with Crippen molar-refractivity contribution in [1.29, 1.82) is 5.26 Å². The highest BCUT2D eigenvalue weighted by molar-refractivity contribution is 5.43. The van der Waals surface area contributed by atoms with E-state index in [4.69, 9.17) is 10.5 Å². The first kappa shape index (κ1) is 13.4. The predicted molar refractivity (Wildman–Crippen MR) is 76.5 cm³/mol. The van der Waals surface area contributed by atoms with Gasteiger partial charge in [0, 0.05) is 11.7 Å². The van der Waals surface area contributed by atoms with Crippen LogP contribution in [0.25, 0.3) is 0 Å². The van der Waals surface area contributed by atoms with Crippen molar-refractivity contribution in [2.24, 2.45) is 5.73 Å². The molecule has 3 rings (SSSR count). The summed E-state index contributed by atoms with van der Waals surface area (Å²) in [5.41, 5.74) is 9.00. The van der Waals surface area contributed by atoms with Gasteiger partial charge in [0.1, 0.15) is 17.7 Å². The Morgan fingerprint density at radius 1 is 1.20 bits per heavy atom. The predicted octanol–water partition coefficient (Wildman–Crippen LogP) is 2.48. The summed E-state index contributed by atoms with van der Waals surface area (Å²) in [4.78, 5) is 4.61. The number of hydrogen-bond acceptors (Lipinski definition) is 4. The number of nitrogens with two attached hydrogens (primary N) is 1. The largest absolute Gasteiger partial charge is 0.472 e. The van der Waals surface area contributed by atoms with Crippen LogP contribution in [0.2, 0.25) is 0 Å². The molecule has 1 saturated carbocycles. The van der Waals surface area contributed by atoms with Gasteiger partial charge in [0.15, 0.2) is 0 Å². The Morgan fingerprint density at radius 3 is 2.80 bits per heavy atom. The van der Waals surface area contributed by atoms with Crippen LogP contribution in [0.5, 0.6) is 5.88 Å². The molecule has 4 heteroatoms. The molecule has 0 spiro atoms. The first-order valence-corrected chi connectivity index (χ1v) is 7.63. The lowest BCUT2D eigenvalue weighted by atomic mass is 9.93. The molecule has 0 aromatic carbocycles. The van der Waals surface area contributed by atoms with Crippen molar-refractivity contribution in [2.45, 2.75) is 63.5 Å². The molecule has 1 heterocycles. The van der Waals surface area contributed by atoms with Gasteiger partial charge in [0.2, 0.25) is 5.88 Å². The maximum atomic E-state index is 9.31. The molecule has 2 N–H and O–H groups in total. The van der Waals surface area contributed by atoms with E-state index in [1.807, 2.05) is 6.07 Å². The van der Waals surface area contributed by atoms with Crippen molar-refractivity contribution in [1.82, 2.24) is 4.98 Å². The van der Waals surface area contributed by atoms with Crippen molar-refractivity contribution >= 4 is 0 Å². The number of aromatic nitrogens is 1. The number of ether oxygens (including phenoxy) is 1. The zero-order valence-electron chi connectivity index (χ0n) is 11.8. The number of nitriles is 1. The zero-order chi connectivity index (χ0) is 13.9. The van der Waals surface area contributed by atoms with Crippen LogP contribution in [-0.4, -0.2) is 17.1 Å². The van der Waals surface area contributed by atoms with Gasteiger partial charge in [-0.05, 0) is 56.6 Å². The lowest BCUT2D eigenvalue weighted by Gasteiger charge is -2.29. The normalized spacial score (nSPS) is 25.6. The van der Waals surface area contributed by atoms with Crippen LogP contribution in [0.3, 0.4) is 0 Å². The molecule has 0 saturated heterocycles. The van der Waals surface area contributed by atoms with Crippen LogP contribution in [0.15, 0.2) is 6.07 Å². The Hall–Kier alpha value is -1.60. The topological polar surface area (TPSA) is 71.9 Å². The molecule has 1 aromatic heterocycles. The molecule has 1 aromatic rings. The summed E-state index contributed by atoms with van der Waals surface area (Å²) in [5, 5.41) is 9.31. The Labute approximate surface area is 119 Å². The fourth-order valence-corrected chi connectivity index (χ4v) is 3.20. The third-order valence-electron chi connectivity index (χ3n) is 4.40. The van der Waals surface area contributed by atoms with E-state index in [0.717, 1.165) is 37.8 Å². The zero-order valence-corrected chi connectivity index (χ0v) is 11.8. The molecule has 106 valence electrons. The van der Waals surface area contributed by atoms with E-state index < -0.39 is 0 Å². The molecule has 0 amide bonds. The van der Waals surface area contributed by atoms with Crippen LogP contribution in [0, 0.1) is 11.3 Å². The van der Waals surface area contributed by atoms with Crippen LogP contribution < -0.4 is 10.5 Å². The number of fused-ring (bicyclic) bond motifs is 1. The van der Waals surface area contributed by atoms with Crippen LogP contribution in [-0.2, 0) is 12.8 Å². The highest BCUT2D eigenvalue weighted by atomic mass is 16.5. The summed E-state index contributed by atoms with van der Waals surface area (Å²) < 4.78 is 6.00. The van der Waals surface area contributed by atoms with Gasteiger partial charge in [-0.15, -0.1) is 0 Å². The van der Waals surface area contributed by atoms with E-state index in [0.29, 0.717) is 11.4 Å². The summed E-state index contributed by atoms with van der Waals surface area (Å²) in [5.74, 6) is 0.496. The molecule has 0 aliphatic heterocycles. The standard InChI is InChI=1S/C16H21N3O/c17-10-12-9-11-5-1-3-7-14(11)19-16(12)20-15-8-4-2-6-13(15)18/h9,13,15H,1-8,18H2. The van der Waals surface area contributed by atoms with Crippen molar-refractivity contribution in [3.63, 3.8) is 0 Å². The van der Waals surface area contributed by atoms with E-state index in [2.05, 4.69) is 11.1 Å². The van der Waals surface area contributed by atoms with E-state index in [-0.39, 0.29) is 12.1 Å². The fraction of sp³-hybridized carbons (Fsp3) is 0.625. The SMILES string of the molecule is N#Cc1cc2c(nc1OC1CCCCC1N)CCCC2. The van der Waals surface area contributed by atoms with Gasteiger partial charge in [-0.25, -0.2) is 4.98 Å². The van der Waals surface area contributed by atoms with Crippen molar-refractivity contribution in [2.75, 3.05) is 0 Å².